The summed E-state index contributed by atoms with van der Waals surface area (Å²) in [5, 5.41) is 10.1. The Kier molecular flexibility index (Phi) is 9.21. The first-order chi connectivity index (χ1) is 17.1. The van der Waals surface area contributed by atoms with Gasteiger partial charge in [-0.3, -0.25) is 9.69 Å². The number of benzene rings is 2. The number of hydrogen-bond donors (Lipinski definition) is 1. The van der Waals surface area contributed by atoms with E-state index in [1.807, 2.05) is 48.2 Å². The Morgan fingerprint density at radius 3 is 2.46 bits per heavy atom. The van der Waals surface area contributed by atoms with E-state index >= 15 is 0 Å². The van der Waals surface area contributed by atoms with Crippen LogP contribution in [0.4, 0.5) is 0 Å². The van der Waals surface area contributed by atoms with Crippen LogP contribution in [0.15, 0.2) is 66.4 Å². The minimum Gasteiger partial charge on any atom is -0.459 e. The maximum absolute atomic E-state index is 13.5. The minimum atomic E-state index is -0.546. The van der Waals surface area contributed by atoms with Crippen molar-refractivity contribution in [3.8, 4) is 0 Å². The highest BCUT2D eigenvalue weighted by molar-refractivity contribution is 6.30. The van der Waals surface area contributed by atoms with Gasteiger partial charge in [-0.1, -0.05) is 54.1 Å². The molecule has 2 aromatic rings. The molecule has 35 heavy (non-hydrogen) atoms. The SMILES string of the molecule is CCO[C@H]1OC(C(=O)N2CCN(Cc3ccccc3)CC2)=C[C@@H](c2ccc(Cl)cc2)[C@@H]1CCCO. The molecule has 0 radical (unpaired) electrons. The van der Waals surface area contributed by atoms with Crippen LogP contribution in [0.3, 0.4) is 0 Å². The summed E-state index contributed by atoms with van der Waals surface area (Å²) in [4.78, 5) is 17.8. The molecule has 0 bridgehead atoms. The van der Waals surface area contributed by atoms with Crippen molar-refractivity contribution in [2.45, 2.75) is 38.5 Å². The number of carbonyl (C=O) groups is 1. The van der Waals surface area contributed by atoms with Crippen LogP contribution in [-0.4, -0.2) is 66.5 Å². The number of aliphatic hydroxyl groups is 1. The fourth-order valence-corrected chi connectivity index (χ4v) is 5.05. The molecule has 0 saturated carbocycles. The summed E-state index contributed by atoms with van der Waals surface area (Å²) >= 11 is 6.13. The predicted molar refractivity (Wildman–Crippen MR) is 137 cm³/mol. The van der Waals surface area contributed by atoms with E-state index < -0.39 is 6.29 Å². The second-order valence-electron chi connectivity index (χ2n) is 9.13. The molecule has 1 amide bonds. The number of ether oxygens (including phenoxy) is 2. The maximum Gasteiger partial charge on any atom is 0.288 e. The number of carbonyl (C=O) groups excluding carboxylic acids is 1. The molecule has 1 fully saturated rings. The van der Waals surface area contributed by atoms with E-state index in [0.29, 0.717) is 36.9 Å². The fraction of sp³-hybridized carbons (Fsp3) is 0.464. The monoisotopic (exact) mass is 498 g/mol. The molecule has 1 saturated heterocycles. The van der Waals surface area contributed by atoms with E-state index in [1.165, 1.54) is 5.56 Å². The third-order valence-electron chi connectivity index (χ3n) is 6.79. The predicted octanol–water partition coefficient (Wildman–Crippen LogP) is 4.43. The summed E-state index contributed by atoms with van der Waals surface area (Å²) in [6.07, 6.45) is 2.77. The topological polar surface area (TPSA) is 62.2 Å². The molecular weight excluding hydrogens is 464 g/mol. The van der Waals surface area contributed by atoms with Gasteiger partial charge in [0.2, 0.25) is 6.29 Å². The van der Waals surface area contributed by atoms with Crippen LogP contribution < -0.4 is 0 Å². The van der Waals surface area contributed by atoms with Crippen molar-refractivity contribution >= 4 is 17.5 Å². The Morgan fingerprint density at radius 1 is 1.09 bits per heavy atom. The van der Waals surface area contributed by atoms with Crippen LogP contribution >= 0.6 is 11.6 Å². The van der Waals surface area contributed by atoms with E-state index in [2.05, 4.69) is 29.2 Å². The lowest BCUT2D eigenvalue weighted by Crippen LogP contribution is -2.49. The number of hydrogen-bond acceptors (Lipinski definition) is 5. The Balaban J connectivity index is 1.49. The average molecular weight is 499 g/mol. The molecule has 2 aromatic carbocycles. The van der Waals surface area contributed by atoms with Crippen LogP contribution in [0, 0.1) is 5.92 Å². The standard InChI is InChI=1S/C28H35ClN2O4/c1-2-34-28-24(9-6-18-32)25(22-10-12-23(29)13-11-22)19-26(35-28)27(33)31-16-14-30(15-17-31)20-21-7-4-3-5-8-21/h3-5,7-8,10-13,19,24-25,28,32H,2,6,9,14-18,20H2,1H3/t24-,25-,28-/m0/s1. The highest BCUT2D eigenvalue weighted by Gasteiger charge is 2.39. The summed E-state index contributed by atoms with van der Waals surface area (Å²) < 4.78 is 12.1. The van der Waals surface area contributed by atoms with Crippen molar-refractivity contribution in [3.63, 3.8) is 0 Å². The second kappa shape index (κ2) is 12.5. The number of rotatable bonds is 9. The van der Waals surface area contributed by atoms with Crippen LogP contribution in [0.25, 0.3) is 0 Å². The molecule has 0 aromatic heterocycles. The third-order valence-corrected chi connectivity index (χ3v) is 7.04. The fourth-order valence-electron chi connectivity index (χ4n) is 4.93. The number of aliphatic hydroxyl groups excluding tert-OH is 1. The zero-order chi connectivity index (χ0) is 24.6. The summed E-state index contributed by atoms with van der Waals surface area (Å²) in [7, 11) is 0. The quantitative estimate of drug-likeness (QED) is 0.554. The van der Waals surface area contributed by atoms with Crippen molar-refractivity contribution in [1.29, 1.82) is 0 Å². The molecule has 188 valence electrons. The van der Waals surface area contributed by atoms with Gasteiger partial charge in [0.1, 0.15) is 0 Å². The summed E-state index contributed by atoms with van der Waals surface area (Å²) in [5.74, 6) is 0.179. The van der Waals surface area contributed by atoms with Crippen LogP contribution in [0.2, 0.25) is 5.02 Å². The van der Waals surface area contributed by atoms with Gasteiger partial charge in [-0.15, -0.1) is 0 Å². The maximum atomic E-state index is 13.5. The van der Waals surface area contributed by atoms with Crippen molar-refractivity contribution in [2.24, 2.45) is 5.92 Å². The van der Waals surface area contributed by atoms with Gasteiger partial charge in [-0.25, -0.2) is 0 Å². The molecule has 2 aliphatic heterocycles. The molecule has 0 spiro atoms. The van der Waals surface area contributed by atoms with Gasteiger partial charge < -0.3 is 19.5 Å². The Labute approximate surface area is 213 Å². The average Bonchev–Trinajstić information content (AvgIpc) is 2.89. The molecule has 6 nitrogen and oxygen atoms in total. The van der Waals surface area contributed by atoms with Crippen LogP contribution in [0.5, 0.6) is 0 Å². The highest BCUT2D eigenvalue weighted by Crippen LogP contribution is 2.40. The number of allylic oxidation sites excluding steroid dienone is 1. The molecule has 4 rings (SSSR count). The zero-order valence-corrected chi connectivity index (χ0v) is 21.1. The second-order valence-corrected chi connectivity index (χ2v) is 9.57. The lowest BCUT2D eigenvalue weighted by Gasteiger charge is -2.39. The normalized spacial score (nSPS) is 23.0. The molecule has 2 aliphatic rings. The number of nitrogens with zero attached hydrogens (tertiary/aromatic N) is 2. The first-order valence-electron chi connectivity index (χ1n) is 12.5. The Hall–Kier alpha value is -2.38. The highest BCUT2D eigenvalue weighted by atomic mass is 35.5. The van der Waals surface area contributed by atoms with Gasteiger partial charge in [0.15, 0.2) is 5.76 Å². The molecule has 0 aliphatic carbocycles. The summed E-state index contributed by atoms with van der Waals surface area (Å²) in [5.41, 5.74) is 2.34. The molecule has 1 N–H and O–H groups in total. The van der Waals surface area contributed by atoms with Gasteiger partial charge in [-0.05, 0) is 49.1 Å². The number of piperazine rings is 1. The van der Waals surface area contributed by atoms with E-state index in [4.69, 9.17) is 21.1 Å². The van der Waals surface area contributed by atoms with Crippen molar-refractivity contribution in [3.05, 3.63) is 82.6 Å². The number of amides is 1. The van der Waals surface area contributed by atoms with E-state index in [9.17, 15) is 9.90 Å². The minimum absolute atomic E-state index is 0.0115. The van der Waals surface area contributed by atoms with Gasteiger partial charge in [0, 0.05) is 62.8 Å². The van der Waals surface area contributed by atoms with E-state index in [1.54, 1.807) is 0 Å². The van der Waals surface area contributed by atoms with Crippen molar-refractivity contribution in [1.82, 2.24) is 9.80 Å². The molecule has 7 heteroatoms. The molecule has 0 unspecified atom stereocenters. The Morgan fingerprint density at radius 2 is 1.80 bits per heavy atom. The zero-order valence-electron chi connectivity index (χ0n) is 20.3. The molecular formula is C28H35ClN2O4. The van der Waals surface area contributed by atoms with Crippen molar-refractivity contribution in [2.75, 3.05) is 39.4 Å². The van der Waals surface area contributed by atoms with Gasteiger partial charge in [0.05, 0.1) is 0 Å². The van der Waals surface area contributed by atoms with Crippen molar-refractivity contribution < 1.29 is 19.4 Å². The smallest absolute Gasteiger partial charge is 0.288 e. The third kappa shape index (κ3) is 6.64. The summed E-state index contributed by atoms with van der Waals surface area (Å²) in [6, 6.07) is 18.1. The van der Waals surface area contributed by atoms with Crippen LogP contribution in [-0.2, 0) is 20.8 Å². The first-order valence-corrected chi connectivity index (χ1v) is 12.9. The first kappa shape index (κ1) is 25.7. The number of halogens is 1. The van der Waals surface area contributed by atoms with E-state index in [0.717, 1.165) is 31.6 Å². The van der Waals surface area contributed by atoms with Gasteiger partial charge in [0.25, 0.3) is 5.91 Å². The van der Waals surface area contributed by atoms with E-state index in [-0.39, 0.29) is 24.3 Å². The molecule has 3 atom stereocenters. The lowest BCUT2D eigenvalue weighted by molar-refractivity contribution is -0.171. The lowest BCUT2D eigenvalue weighted by atomic mass is 9.80. The van der Waals surface area contributed by atoms with Crippen LogP contribution in [0.1, 0.15) is 36.8 Å². The summed E-state index contributed by atoms with van der Waals surface area (Å²) in [6.45, 7) is 6.36. The van der Waals surface area contributed by atoms with Gasteiger partial charge in [-0.2, -0.15) is 0 Å². The largest absolute Gasteiger partial charge is 0.459 e. The van der Waals surface area contributed by atoms with Gasteiger partial charge >= 0.3 is 0 Å². The molecule has 2 heterocycles. The Bertz CT molecular complexity index is 974.